The summed E-state index contributed by atoms with van der Waals surface area (Å²) in [5.74, 6) is 2.71. The van der Waals surface area contributed by atoms with Crippen LogP contribution in [0.5, 0.6) is 0 Å². The van der Waals surface area contributed by atoms with E-state index in [0.717, 1.165) is 5.92 Å². The summed E-state index contributed by atoms with van der Waals surface area (Å²) in [6, 6.07) is 37.1. The maximum atomic E-state index is 2.44. The molecule has 1 saturated carbocycles. The van der Waals surface area contributed by atoms with E-state index in [-0.39, 0.29) is 5.41 Å². The first kappa shape index (κ1) is 15.7. The number of hydrogen-bond donors (Lipinski definition) is 0. The molecule has 4 aliphatic rings. The van der Waals surface area contributed by atoms with E-state index in [4.69, 9.17) is 0 Å². The minimum absolute atomic E-state index is 0.00688. The van der Waals surface area contributed by atoms with E-state index in [1.165, 1.54) is 28.7 Å². The molecule has 0 aliphatic heterocycles. The summed E-state index contributed by atoms with van der Waals surface area (Å²) < 4.78 is 0. The summed E-state index contributed by atoms with van der Waals surface area (Å²) in [6.07, 6.45) is 1.25. The van der Waals surface area contributed by atoms with Crippen molar-refractivity contribution < 1.29 is 0 Å². The summed E-state index contributed by atoms with van der Waals surface area (Å²) in [5, 5.41) is 0. The maximum Gasteiger partial charge on any atom is 0.0506 e. The Morgan fingerprint density at radius 2 is 1.07 bits per heavy atom. The Balaban J connectivity index is 1.50. The minimum atomic E-state index is -0.00688. The van der Waals surface area contributed by atoms with Crippen molar-refractivity contribution in [1.29, 1.82) is 0 Å². The van der Waals surface area contributed by atoms with Gasteiger partial charge in [-0.15, -0.1) is 0 Å². The van der Waals surface area contributed by atoms with Crippen LogP contribution in [0.2, 0.25) is 0 Å². The SMILES string of the molecule is c1ccc2c(c1)CC1[C@H]3c4ccccc4C4(c5ccccc5-c5ccccc54)[C@H]3[C@@H]21. The van der Waals surface area contributed by atoms with Gasteiger partial charge in [0.05, 0.1) is 5.41 Å². The van der Waals surface area contributed by atoms with E-state index in [1.54, 1.807) is 22.3 Å². The van der Waals surface area contributed by atoms with Crippen LogP contribution in [0.15, 0.2) is 97.1 Å². The van der Waals surface area contributed by atoms with Gasteiger partial charge in [0.2, 0.25) is 0 Å². The Hall–Kier alpha value is -3.12. The molecule has 142 valence electrons. The second-order valence-electron chi connectivity index (χ2n) is 9.63. The van der Waals surface area contributed by atoms with Crippen LogP contribution in [-0.2, 0) is 11.8 Å². The van der Waals surface area contributed by atoms with Gasteiger partial charge in [0.25, 0.3) is 0 Å². The monoisotopic (exact) mass is 382 g/mol. The van der Waals surface area contributed by atoms with Crippen LogP contribution < -0.4 is 0 Å². The van der Waals surface area contributed by atoms with E-state index in [2.05, 4.69) is 97.1 Å². The maximum absolute atomic E-state index is 2.44. The van der Waals surface area contributed by atoms with Crippen LogP contribution in [-0.4, -0.2) is 0 Å². The highest BCUT2D eigenvalue weighted by Crippen LogP contribution is 2.77. The first-order chi connectivity index (χ1) is 14.9. The van der Waals surface area contributed by atoms with Gasteiger partial charge < -0.3 is 0 Å². The van der Waals surface area contributed by atoms with Gasteiger partial charge in [-0.25, -0.2) is 0 Å². The fourth-order valence-electron chi connectivity index (χ4n) is 8.02. The zero-order valence-corrected chi connectivity index (χ0v) is 16.8. The van der Waals surface area contributed by atoms with Crippen molar-refractivity contribution in [3.05, 3.63) is 130 Å². The molecule has 0 amide bonds. The summed E-state index contributed by atoms with van der Waals surface area (Å²) >= 11 is 0. The fraction of sp³-hybridized carbons (Fsp3) is 0.200. The first-order valence-corrected chi connectivity index (χ1v) is 11.3. The molecule has 4 atom stereocenters. The highest BCUT2D eigenvalue weighted by atomic mass is 14.7. The van der Waals surface area contributed by atoms with Crippen LogP contribution in [0.25, 0.3) is 11.1 Å². The molecule has 1 fully saturated rings. The second-order valence-corrected chi connectivity index (χ2v) is 9.63. The topological polar surface area (TPSA) is 0 Å². The minimum Gasteiger partial charge on any atom is -0.0620 e. The summed E-state index contributed by atoms with van der Waals surface area (Å²) in [6.45, 7) is 0. The third-order valence-electron chi connectivity index (χ3n) is 8.80. The molecule has 4 aliphatic carbocycles. The third kappa shape index (κ3) is 1.51. The van der Waals surface area contributed by atoms with Crippen molar-refractivity contribution in [3.8, 4) is 11.1 Å². The van der Waals surface area contributed by atoms with Gasteiger partial charge in [0.1, 0.15) is 0 Å². The van der Waals surface area contributed by atoms with Crippen LogP contribution >= 0.6 is 0 Å². The third-order valence-corrected chi connectivity index (χ3v) is 8.80. The molecule has 1 unspecified atom stereocenters. The summed E-state index contributed by atoms with van der Waals surface area (Å²) in [4.78, 5) is 0. The molecule has 4 aromatic carbocycles. The zero-order valence-electron chi connectivity index (χ0n) is 16.8. The van der Waals surface area contributed by atoms with Gasteiger partial charge in [-0.1, -0.05) is 97.1 Å². The highest BCUT2D eigenvalue weighted by Gasteiger charge is 2.69. The lowest BCUT2D eigenvalue weighted by molar-refractivity contribution is 0.0895. The number of benzene rings is 4. The average molecular weight is 383 g/mol. The molecule has 0 nitrogen and oxygen atoms in total. The lowest BCUT2D eigenvalue weighted by Crippen LogP contribution is -2.48. The van der Waals surface area contributed by atoms with E-state index < -0.39 is 0 Å². The van der Waals surface area contributed by atoms with Gasteiger partial charge in [-0.05, 0) is 74.6 Å². The first-order valence-electron chi connectivity index (χ1n) is 11.3. The van der Waals surface area contributed by atoms with Crippen molar-refractivity contribution in [2.45, 2.75) is 23.7 Å². The van der Waals surface area contributed by atoms with Crippen LogP contribution in [0.1, 0.15) is 45.2 Å². The van der Waals surface area contributed by atoms with Crippen molar-refractivity contribution in [2.75, 3.05) is 0 Å². The van der Waals surface area contributed by atoms with Gasteiger partial charge in [0, 0.05) is 0 Å². The van der Waals surface area contributed by atoms with Gasteiger partial charge in [0.15, 0.2) is 0 Å². The molecular weight excluding hydrogens is 360 g/mol. The molecule has 0 heterocycles. The van der Waals surface area contributed by atoms with Gasteiger partial charge >= 0.3 is 0 Å². The van der Waals surface area contributed by atoms with E-state index in [1.807, 2.05) is 0 Å². The second kappa shape index (κ2) is 5.13. The molecule has 0 heteroatoms. The van der Waals surface area contributed by atoms with Gasteiger partial charge in [-0.2, -0.15) is 0 Å². The fourth-order valence-corrected chi connectivity index (χ4v) is 8.02. The Morgan fingerprint density at radius 3 is 1.80 bits per heavy atom. The number of hydrogen-bond acceptors (Lipinski definition) is 0. The Kier molecular flexibility index (Phi) is 2.68. The van der Waals surface area contributed by atoms with Crippen LogP contribution in [0.3, 0.4) is 0 Å². The van der Waals surface area contributed by atoms with E-state index in [9.17, 15) is 0 Å². The zero-order chi connectivity index (χ0) is 19.4. The molecule has 0 radical (unpaired) electrons. The smallest absolute Gasteiger partial charge is 0.0506 e. The van der Waals surface area contributed by atoms with Crippen molar-refractivity contribution in [3.63, 3.8) is 0 Å². The molecule has 0 N–H and O–H groups in total. The van der Waals surface area contributed by atoms with Gasteiger partial charge in [-0.3, -0.25) is 0 Å². The molecule has 1 spiro atoms. The summed E-state index contributed by atoms with van der Waals surface area (Å²) in [7, 11) is 0. The average Bonchev–Trinajstić information content (AvgIpc) is 3.36. The van der Waals surface area contributed by atoms with E-state index >= 15 is 0 Å². The molecule has 0 bridgehead atoms. The van der Waals surface area contributed by atoms with Crippen LogP contribution in [0.4, 0.5) is 0 Å². The largest absolute Gasteiger partial charge is 0.0620 e. The number of rotatable bonds is 0. The number of fused-ring (bicyclic) bond motifs is 15. The predicted molar refractivity (Wildman–Crippen MR) is 121 cm³/mol. The lowest BCUT2D eigenvalue weighted by atomic mass is 9.49. The molecular formula is C30H22. The van der Waals surface area contributed by atoms with Crippen molar-refractivity contribution in [1.82, 2.24) is 0 Å². The molecule has 4 aromatic rings. The summed E-state index contributed by atoms with van der Waals surface area (Å²) in [5.41, 5.74) is 12.4. The molecule has 8 rings (SSSR count). The van der Waals surface area contributed by atoms with Crippen molar-refractivity contribution in [2.24, 2.45) is 11.8 Å². The quantitative estimate of drug-likeness (QED) is 0.318. The molecule has 30 heavy (non-hydrogen) atoms. The molecule has 0 aromatic heterocycles. The Labute approximate surface area is 177 Å². The van der Waals surface area contributed by atoms with Crippen LogP contribution in [0, 0.1) is 11.8 Å². The van der Waals surface area contributed by atoms with E-state index in [0.29, 0.717) is 17.8 Å². The standard InChI is InChI=1S/C30H22/c1-2-10-19-18(9-1)17-23-27(19)29-28(23)22-13-5-8-16-26(22)30(29)24-14-6-3-11-20(24)21-12-4-7-15-25(21)30/h1-16,23,27-29H,17H2/t23?,27-,28+,29-/m0/s1. The predicted octanol–water partition coefficient (Wildman–Crippen LogP) is 6.68. The molecule has 0 saturated heterocycles. The highest BCUT2D eigenvalue weighted by molar-refractivity contribution is 5.86. The lowest BCUT2D eigenvalue weighted by Gasteiger charge is -2.53. The Morgan fingerprint density at radius 1 is 0.533 bits per heavy atom. The van der Waals surface area contributed by atoms with Crippen molar-refractivity contribution >= 4 is 0 Å². The normalized spacial score (nSPS) is 27.5. The Bertz CT molecular complexity index is 1310.